The third kappa shape index (κ3) is 1.13. The average Bonchev–Trinajstić information content (AvgIpc) is 2.66. The molecule has 0 radical (unpaired) electrons. The van der Waals surface area contributed by atoms with Crippen LogP contribution in [0.3, 0.4) is 0 Å². The Labute approximate surface area is 94.5 Å². The number of hydrogen-bond donors (Lipinski definition) is 1. The molecule has 16 heavy (non-hydrogen) atoms. The molecular formula is C12H16N4. The molecule has 2 aromatic heterocycles. The first-order valence-electron chi connectivity index (χ1n) is 5.63. The number of imidazole rings is 1. The lowest BCUT2D eigenvalue weighted by Crippen LogP contribution is -2.05. The number of nitrogens with two attached hydrogens (primary N) is 1. The van der Waals surface area contributed by atoms with Gasteiger partial charge >= 0.3 is 0 Å². The zero-order valence-corrected chi connectivity index (χ0v) is 9.59. The maximum atomic E-state index is 5.81. The quantitative estimate of drug-likeness (QED) is 0.826. The van der Waals surface area contributed by atoms with Crippen LogP contribution in [0, 0.1) is 11.3 Å². The largest absolute Gasteiger partial charge is 0.330 e. The van der Waals surface area contributed by atoms with E-state index < -0.39 is 0 Å². The molecule has 0 aliphatic heterocycles. The predicted molar refractivity (Wildman–Crippen MR) is 62.1 cm³/mol. The molecule has 1 saturated carbocycles. The van der Waals surface area contributed by atoms with Gasteiger partial charge in [-0.1, -0.05) is 13.8 Å². The van der Waals surface area contributed by atoms with Gasteiger partial charge in [0.05, 0.1) is 6.20 Å². The lowest BCUT2D eigenvalue weighted by molar-refractivity contribution is 0.557. The minimum atomic E-state index is 0.300. The van der Waals surface area contributed by atoms with Crippen LogP contribution in [-0.2, 0) is 0 Å². The zero-order chi connectivity index (χ0) is 11.3. The highest BCUT2D eigenvalue weighted by Gasteiger charge is 2.58. The first-order chi connectivity index (χ1) is 7.66. The summed E-state index contributed by atoms with van der Waals surface area (Å²) in [5, 5.41) is 0. The Kier molecular flexibility index (Phi) is 1.86. The second-order valence-electron chi connectivity index (χ2n) is 5.13. The van der Waals surface area contributed by atoms with Crippen LogP contribution in [-0.4, -0.2) is 20.9 Å². The molecule has 0 aromatic carbocycles. The fourth-order valence-electron chi connectivity index (χ4n) is 2.86. The van der Waals surface area contributed by atoms with Crippen LogP contribution in [0.4, 0.5) is 0 Å². The van der Waals surface area contributed by atoms with Gasteiger partial charge in [0.1, 0.15) is 0 Å². The van der Waals surface area contributed by atoms with E-state index in [4.69, 9.17) is 5.73 Å². The van der Waals surface area contributed by atoms with Crippen LogP contribution < -0.4 is 5.73 Å². The normalized spacial score (nSPS) is 27.2. The Balaban J connectivity index is 2.08. The Morgan fingerprint density at radius 1 is 1.44 bits per heavy atom. The molecule has 0 saturated heterocycles. The van der Waals surface area contributed by atoms with Gasteiger partial charge in [0.2, 0.25) is 0 Å². The molecule has 3 rings (SSSR count). The van der Waals surface area contributed by atoms with Gasteiger partial charge in [-0.25, -0.2) is 4.98 Å². The Hall–Kier alpha value is -1.42. The Bertz CT molecular complexity index is 529. The molecule has 84 valence electrons. The predicted octanol–water partition coefficient (Wildman–Crippen LogP) is 1.43. The van der Waals surface area contributed by atoms with Crippen LogP contribution in [0.1, 0.15) is 25.5 Å². The first kappa shape index (κ1) is 9.78. The van der Waals surface area contributed by atoms with Gasteiger partial charge in [-0.05, 0) is 17.9 Å². The second-order valence-corrected chi connectivity index (χ2v) is 5.13. The van der Waals surface area contributed by atoms with Gasteiger partial charge in [0.15, 0.2) is 5.65 Å². The molecule has 0 unspecified atom stereocenters. The van der Waals surface area contributed by atoms with Crippen molar-refractivity contribution in [2.24, 2.45) is 17.1 Å². The average molecular weight is 216 g/mol. The van der Waals surface area contributed by atoms with Crippen molar-refractivity contribution < 1.29 is 0 Å². The standard InChI is InChI=1S/C12H16N4/c1-12(2)8(5-13)11(12)9-6-15-10-7-14-3-4-16(9)10/h3-4,6-8,11H,5,13H2,1-2H3/t8-,11+/m0/s1. The van der Waals surface area contributed by atoms with Gasteiger partial charge in [0.25, 0.3) is 0 Å². The van der Waals surface area contributed by atoms with Crippen molar-refractivity contribution >= 4 is 5.65 Å². The molecule has 4 nitrogen and oxygen atoms in total. The number of nitrogens with zero attached hydrogens (tertiary/aromatic N) is 3. The van der Waals surface area contributed by atoms with E-state index in [2.05, 4.69) is 28.2 Å². The molecule has 4 heteroatoms. The van der Waals surface area contributed by atoms with Crippen molar-refractivity contribution in [1.29, 1.82) is 0 Å². The Morgan fingerprint density at radius 3 is 2.94 bits per heavy atom. The molecule has 2 N–H and O–H groups in total. The molecule has 2 heterocycles. The topological polar surface area (TPSA) is 56.2 Å². The molecule has 1 aliphatic carbocycles. The van der Waals surface area contributed by atoms with Gasteiger partial charge in [-0.3, -0.25) is 4.98 Å². The molecule has 2 atom stereocenters. The van der Waals surface area contributed by atoms with Gasteiger partial charge < -0.3 is 10.1 Å². The third-order valence-corrected chi connectivity index (χ3v) is 3.97. The van der Waals surface area contributed by atoms with Gasteiger partial charge in [-0.2, -0.15) is 0 Å². The summed E-state index contributed by atoms with van der Waals surface area (Å²) >= 11 is 0. The summed E-state index contributed by atoms with van der Waals surface area (Å²) in [6, 6.07) is 0. The summed E-state index contributed by atoms with van der Waals surface area (Å²) in [7, 11) is 0. The summed E-state index contributed by atoms with van der Waals surface area (Å²) < 4.78 is 2.12. The van der Waals surface area contributed by atoms with Crippen LogP contribution in [0.15, 0.2) is 24.8 Å². The molecule has 2 aromatic rings. The lowest BCUT2D eigenvalue weighted by atomic mass is 10.1. The fourth-order valence-corrected chi connectivity index (χ4v) is 2.86. The summed E-state index contributed by atoms with van der Waals surface area (Å²) in [5.74, 6) is 1.09. The second kappa shape index (κ2) is 3.04. The van der Waals surface area contributed by atoms with Crippen molar-refractivity contribution in [1.82, 2.24) is 14.4 Å². The first-order valence-corrected chi connectivity index (χ1v) is 5.63. The number of fused-ring (bicyclic) bond motifs is 1. The highest BCUT2D eigenvalue weighted by Crippen LogP contribution is 2.63. The van der Waals surface area contributed by atoms with Crippen LogP contribution in [0.2, 0.25) is 0 Å². The van der Waals surface area contributed by atoms with E-state index in [1.54, 1.807) is 12.4 Å². The van der Waals surface area contributed by atoms with Gasteiger partial charge in [-0.15, -0.1) is 0 Å². The molecule has 1 aliphatic rings. The molecule has 0 amide bonds. The maximum Gasteiger partial charge on any atom is 0.155 e. The minimum Gasteiger partial charge on any atom is -0.330 e. The van der Waals surface area contributed by atoms with Crippen molar-refractivity contribution in [3.8, 4) is 0 Å². The van der Waals surface area contributed by atoms with Crippen molar-refractivity contribution in [3.63, 3.8) is 0 Å². The van der Waals surface area contributed by atoms with E-state index in [0.717, 1.165) is 12.2 Å². The summed E-state index contributed by atoms with van der Waals surface area (Å²) in [5.41, 5.74) is 8.28. The molecule has 1 fully saturated rings. The summed E-state index contributed by atoms with van der Waals surface area (Å²) in [6.07, 6.45) is 7.51. The van der Waals surface area contributed by atoms with Crippen molar-refractivity contribution in [2.45, 2.75) is 19.8 Å². The number of rotatable bonds is 2. The highest BCUT2D eigenvalue weighted by atomic mass is 15.0. The van der Waals surface area contributed by atoms with E-state index >= 15 is 0 Å². The van der Waals surface area contributed by atoms with Crippen molar-refractivity contribution in [2.75, 3.05) is 6.54 Å². The fraction of sp³-hybridized carbons (Fsp3) is 0.500. The zero-order valence-electron chi connectivity index (χ0n) is 9.59. The minimum absolute atomic E-state index is 0.300. The van der Waals surface area contributed by atoms with E-state index in [-0.39, 0.29) is 0 Å². The Morgan fingerprint density at radius 2 is 2.25 bits per heavy atom. The van der Waals surface area contributed by atoms with E-state index in [9.17, 15) is 0 Å². The molecule has 0 bridgehead atoms. The van der Waals surface area contributed by atoms with Crippen LogP contribution in [0.25, 0.3) is 5.65 Å². The third-order valence-electron chi connectivity index (χ3n) is 3.97. The summed E-state index contributed by atoms with van der Waals surface area (Å²) in [6.45, 7) is 5.29. The maximum absolute atomic E-state index is 5.81. The van der Waals surface area contributed by atoms with Crippen molar-refractivity contribution in [3.05, 3.63) is 30.5 Å². The monoisotopic (exact) mass is 216 g/mol. The van der Waals surface area contributed by atoms with E-state index in [1.165, 1.54) is 5.69 Å². The molecular weight excluding hydrogens is 200 g/mol. The lowest BCUT2D eigenvalue weighted by Gasteiger charge is -2.02. The highest BCUT2D eigenvalue weighted by molar-refractivity contribution is 5.40. The van der Waals surface area contributed by atoms with Crippen LogP contribution >= 0.6 is 0 Å². The number of aromatic nitrogens is 3. The SMILES string of the molecule is CC1(C)[C@@H](CN)[C@@H]1c1cnc2cnccn12. The van der Waals surface area contributed by atoms with Gasteiger partial charge in [0, 0.05) is 30.2 Å². The number of hydrogen-bond acceptors (Lipinski definition) is 3. The van der Waals surface area contributed by atoms with E-state index in [0.29, 0.717) is 17.3 Å². The smallest absolute Gasteiger partial charge is 0.155 e. The van der Waals surface area contributed by atoms with E-state index in [1.807, 2.05) is 12.4 Å². The molecule has 0 spiro atoms. The summed E-state index contributed by atoms with van der Waals surface area (Å²) in [4.78, 5) is 8.45. The van der Waals surface area contributed by atoms with Crippen LogP contribution in [0.5, 0.6) is 0 Å².